The fourth-order valence-corrected chi connectivity index (χ4v) is 3.76. The summed E-state index contributed by atoms with van der Waals surface area (Å²) >= 11 is 0. The molecule has 3 rings (SSSR count). The standard InChI is InChI=1S/C17H26N2/c1-14-5-7-16(8-6-14)15(2)19-12-11-18-17(13-19)9-3-4-10-17/h5-8,15,18H,3-4,9-13H2,1-2H3. The van der Waals surface area contributed by atoms with Gasteiger partial charge in [0.05, 0.1) is 0 Å². The highest BCUT2D eigenvalue weighted by Gasteiger charge is 2.38. The largest absolute Gasteiger partial charge is 0.309 e. The molecule has 1 spiro atoms. The maximum atomic E-state index is 3.80. The van der Waals surface area contributed by atoms with Gasteiger partial charge in [-0.3, -0.25) is 4.90 Å². The number of piperazine rings is 1. The number of hydrogen-bond acceptors (Lipinski definition) is 2. The number of aryl methyl sites for hydroxylation is 1. The molecule has 0 bridgehead atoms. The van der Waals surface area contributed by atoms with Crippen LogP contribution in [0.25, 0.3) is 0 Å². The van der Waals surface area contributed by atoms with Crippen LogP contribution in [-0.2, 0) is 0 Å². The topological polar surface area (TPSA) is 15.3 Å². The molecule has 2 nitrogen and oxygen atoms in total. The van der Waals surface area contributed by atoms with Gasteiger partial charge in [0.15, 0.2) is 0 Å². The van der Waals surface area contributed by atoms with E-state index < -0.39 is 0 Å². The average Bonchev–Trinajstić information content (AvgIpc) is 2.87. The molecule has 1 heterocycles. The highest BCUT2D eigenvalue weighted by Crippen LogP contribution is 2.34. The molecule has 1 saturated heterocycles. The molecule has 1 saturated carbocycles. The van der Waals surface area contributed by atoms with Crippen LogP contribution in [0.1, 0.15) is 49.8 Å². The molecule has 19 heavy (non-hydrogen) atoms. The zero-order chi connectivity index (χ0) is 13.3. The summed E-state index contributed by atoms with van der Waals surface area (Å²) in [5, 5.41) is 3.80. The SMILES string of the molecule is Cc1ccc(C(C)N2CCNC3(CCCC3)C2)cc1. The highest BCUT2D eigenvalue weighted by atomic mass is 15.2. The van der Waals surface area contributed by atoms with Gasteiger partial charge in [-0.1, -0.05) is 42.7 Å². The van der Waals surface area contributed by atoms with E-state index in [1.165, 1.54) is 49.9 Å². The zero-order valence-corrected chi connectivity index (χ0v) is 12.3. The van der Waals surface area contributed by atoms with Gasteiger partial charge in [-0.25, -0.2) is 0 Å². The van der Waals surface area contributed by atoms with Crippen molar-refractivity contribution in [3.63, 3.8) is 0 Å². The third-order valence-electron chi connectivity index (χ3n) is 5.07. The van der Waals surface area contributed by atoms with Gasteiger partial charge >= 0.3 is 0 Å². The number of nitrogens with one attached hydrogen (secondary N) is 1. The summed E-state index contributed by atoms with van der Waals surface area (Å²) in [4.78, 5) is 2.67. The van der Waals surface area contributed by atoms with E-state index in [1.54, 1.807) is 0 Å². The molecule has 2 heteroatoms. The van der Waals surface area contributed by atoms with Crippen molar-refractivity contribution in [3.05, 3.63) is 35.4 Å². The molecule has 1 N–H and O–H groups in total. The van der Waals surface area contributed by atoms with Crippen molar-refractivity contribution in [2.24, 2.45) is 0 Å². The molecule has 1 aliphatic heterocycles. The second-order valence-corrected chi connectivity index (χ2v) is 6.47. The highest BCUT2D eigenvalue weighted by molar-refractivity contribution is 5.24. The molecule has 104 valence electrons. The summed E-state index contributed by atoms with van der Waals surface area (Å²) in [5.74, 6) is 0. The van der Waals surface area contributed by atoms with Crippen LogP contribution in [0.3, 0.4) is 0 Å². The Hall–Kier alpha value is -0.860. The molecule has 1 atom stereocenters. The van der Waals surface area contributed by atoms with E-state index in [0.29, 0.717) is 11.6 Å². The monoisotopic (exact) mass is 258 g/mol. The average molecular weight is 258 g/mol. The van der Waals surface area contributed by atoms with E-state index in [2.05, 4.69) is 48.3 Å². The first-order valence-electron chi connectivity index (χ1n) is 7.74. The number of rotatable bonds is 2. The molecule has 1 aliphatic carbocycles. The van der Waals surface area contributed by atoms with E-state index in [4.69, 9.17) is 0 Å². The number of nitrogens with zero attached hydrogens (tertiary/aromatic N) is 1. The van der Waals surface area contributed by atoms with E-state index in [-0.39, 0.29) is 0 Å². The normalized spacial score (nSPS) is 24.7. The minimum absolute atomic E-state index is 0.428. The molecule has 0 radical (unpaired) electrons. The Bertz CT molecular complexity index is 417. The zero-order valence-electron chi connectivity index (χ0n) is 12.3. The Labute approximate surface area is 117 Å². The minimum atomic E-state index is 0.428. The van der Waals surface area contributed by atoms with Crippen LogP contribution in [0.2, 0.25) is 0 Å². The molecule has 2 fully saturated rings. The fourth-order valence-electron chi connectivity index (χ4n) is 3.76. The lowest BCUT2D eigenvalue weighted by Crippen LogP contribution is -2.59. The second kappa shape index (κ2) is 5.26. The summed E-state index contributed by atoms with van der Waals surface area (Å²) in [7, 11) is 0. The predicted octanol–water partition coefficient (Wildman–Crippen LogP) is 3.27. The van der Waals surface area contributed by atoms with Crippen molar-refractivity contribution >= 4 is 0 Å². The van der Waals surface area contributed by atoms with Crippen LogP contribution in [0.5, 0.6) is 0 Å². The number of benzene rings is 1. The molecular weight excluding hydrogens is 232 g/mol. The first-order valence-corrected chi connectivity index (χ1v) is 7.74. The minimum Gasteiger partial charge on any atom is -0.309 e. The van der Waals surface area contributed by atoms with Gasteiger partial charge in [-0.05, 0) is 32.3 Å². The lowest BCUT2D eigenvalue weighted by Gasteiger charge is -2.44. The molecule has 1 aromatic rings. The third kappa shape index (κ3) is 2.70. The van der Waals surface area contributed by atoms with Crippen molar-refractivity contribution < 1.29 is 0 Å². The van der Waals surface area contributed by atoms with Crippen LogP contribution in [0, 0.1) is 6.92 Å². The van der Waals surface area contributed by atoms with Crippen LogP contribution < -0.4 is 5.32 Å². The van der Waals surface area contributed by atoms with Gasteiger partial charge in [0.25, 0.3) is 0 Å². The van der Waals surface area contributed by atoms with Gasteiger partial charge in [0, 0.05) is 31.2 Å². The maximum Gasteiger partial charge on any atom is 0.0321 e. The first-order chi connectivity index (χ1) is 9.19. The van der Waals surface area contributed by atoms with Crippen LogP contribution >= 0.6 is 0 Å². The van der Waals surface area contributed by atoms with Gasteiger partial charge in [-0.2, -0.15) is 0 Å². The lowest BCUT2D eigenvalue weighted by molar-refractivity contribution is 0.101. The van der Waals surface area contributed by atoms with Crippen LogP contribution in [-0.4, -0.2) is 30.1 Å². The number of hydrogen-bond donors (Lipinski definition) is 1. The van der Waals surface area contributed by atoms with E-state index in [1.807, 2.05) is 0 Å². The van der Waals surface area contributed by atoms with Gasteiger partial charge < -0.3 is 5.32 Å². The van der Waals surface area contributed by atoms with E-state index >= 15 is 0 Å². The summed E-state index contributed by atoms with van der Waals surface area (Å²) in [6.45, 7) is 8.07. The Morgan fingerprint density at radius 3 is 2.53 bits per heavy atom. The summed E-state index contributed by atoms with van der Waals surface area (Å²) < 4.78 is 0. The first kappa shape index (κ1) is 13.1. The molecule has 1 unspecified atom stereocenters. The van der Waals surface area contributed by atoms with Crippen molar-refractivity contribution in [2.75, 3.05) is 19.6 Å². The Balaban J connectivity index is 1.72. The summed E-state index contributed by atoms with van der Waals surface area (Å²) in [5.41, 5.74) is 3.24. The van der Waals surface area contributed by atoms with Gasteiger partial charge in [-0.15, -0.1) is 0 Å². The Kier molecular flexibility index (Phi) is 3.64. The van der Waals surface area contributed by atoms with Crippen molar-refractivity contribution in [1.82, 2.24) is 10.2 Å². The van der Waals surface area contributed by atoms with Gasteiger partial charge in [0.2, 0.25) is 0 Å². The molecule has 1 aromatic carbocycles. The quantitative estimate of drug-likeness (QED) is 0.876. The van der Waals surface area contributed by atoms with E-state index in [9.17, 15) is 0 Å². The molecule has 0 amide bonds. The smallest absolute Gasteiger partial charge is 0.0321 e. The van der Waals surface area contributed by atoms with Gasteiger partial charge in [0.1, 0.15) is 0 Å². The predicted molar refractivity (Wildman–Crippen MR) is 80.4 cm³/mol. The molecular formula is C17H26N2. The molecule has 2 aliphatic rings. The lowest BCUT2D eigenvalue weighted by atomic mass is 9.92. The Morgan fingerprint density at radius 1 is 1.16 bits per heavy atom. The summed E-state index contributed by atoms with van der Waals surface area (Å²) in [6.07, 6.45) is 5.54. The van der Waals surface area contributed by atoms with Crippen LogP contribution in [0.15, 0.2) is 24.3 Å². The summed E-state index contributed by atoms with van der Waals surface area (Å²) in [6, 6.07) is 9.60. The fraction of sp³-hybridized carbons (Fsp3) is 0.647. The third-order valence-corrected chi connectivity index (χ3v) is 5.07. The van der Waals surface area contributed by atoms with E-state index in [0.717, 1.165) is 6.54 Å². The second-order valence-electron chi connectivity index (χ2n) is 6.47. The van der Waals surface area contributed by atoms with Crippen LogP contribution in [0.4, 0.5) is 0 Å². The Morgan fingerprint density at radius 2 is 1.84 bits per heavy atom. The van der Waals surface area contributed by atoms with Crippen molar-refractivity contribution in [3.8, 4) is 0 Å². The van der Waals surface area contributed by atoms with Crippen molar-refractivity contribution in [2.45, 2.75) is 51.1 Å². The van der Waals surface area contributed by atoms with Crippen molar-refractivity contribution in [1.29, 1.82) is 0 Å². The maximum absolute atomic E-state index is 3.80. The molecule has 0 aromatic heterocycles.